The molecule has 0 N–H and O–H groups in total. The van der Waals surface area contributed by atoms with Gasteiger partial charge >= 0.3 is 16.3 Å². The lowest BCUT2D eigenvalue weighted by atomic mass is 10.2. The topological polar surface area (TPSA) is 78.9 Å². The lowest BCUT2D eigenvalue weighted by molar-refractivity contribution is -0.140. The highest BCUT2D eigenvalue weighted by Gasteiger charge is 2.40. The Morgan fingerprint density at radius 3 is 2.29 bits per heavy atom. The van der Waals surface area contributed by atoms with Crippen LogP contribution in [0.5, 0.6) is 5.75 Å². The van der Waals surface area contributed by atoms with E-state index in [1.54, 1.807) is 13.8 Å². The molecule has 138 valence electrons. The zero-order valence-corrected chi connectivity index (χ0v) is 15.2. The molecule has 1 unspecified atom stereocenters. The van der Waals surface area contributed by atoms with Crippen LogP contribution in [0.25, 0.3) is 0 Å². The average molecular weight is 390 g/mol. The highest BCUT2D eigenvalue weighted by atomic mass is 32.2. The van der Waals surface area contributed by atoms with Gasteiger partial charge in [-0.1, -0.05) is 6.07 Å². The molecular formula is C13H18F3O6PS. The summed E-state index contributed by atoms with van der Waals surface area (Å²) < 4.78 is 90.1. The van der Waals surface area contributed by atoms with Crippen LogP contribution in [-0.4, -0.2) is 34.6 Å². The van der Waals surface area contributed by atoms with Gasteiger partial charge < -0.3 is 9.26 Å². The number of alkyl halides is 3. The Bertz CT molecular complexity index is 730. The van der Waals surface area contributed by atoms with Gasteiger partial charge in [-0.3, -0.25) is 8.75 Å². The summed E-state index contributed by atoms with van der Waals surface area (Å²) in [4.78, 5) is -1.16. The predicted molar refractivity (Wildman–Crippen MR) is 80.9 cm³/mol. The fraction of sp³-hybridized carbons (Fsp3) is 0.538. The van der Waals surface area contributed by atoms with Gasteiger partial charge in [-0.25, -0.2) is 0 Å². The van der Waals surface area contributed by atoms with Crippen molar-refractivity contribution < 1.29 is 39.6 Å². The first-order chi connectivity index (χ1) is 10.8. The smallest absolute Gasteiger partial charge is 0.417 e. The van der Waals surface area contributed by atoms with E-state index in [0.717, 1.165) is 25.9 Å². The summed E-state index contributed by atoms with van der Waals surface area (Å²) in [7, 11) is -7.32. The van der Waals surface area contributed by atoms with E-state index >= 15 is 0 Å². The summed E-state index contributed by atoms with van der Waals surface area (Å²) in [5, 5.41) is 0. The second-order valence-electron chi connectivity index (χ2n) is 5.20. The Morgan fingerprint density at radius 2 is 1.83 bits per heavy atom. The number of methoxy groups -OCH3 is 1. The zero-order chi connectivity index (χ0) is 18.8. The van der Waals surface area contributed by atoms with Crippen molar-refractivity contribution in [3.63, 3.8) is 0 Å². The van der Waals surface area contributed by atoms with Crippen molar-refractivity contribution in [2.75, 3.05) is 20.1 Å². The summed E-state index contributed by atoms with van der Waals surface area (Å²) >= 11 is 0. The largest absolute Gasteiger partial charge is 0.495 e. The predicted octanol–water partition coefficient (Wildman–Crippen LogP) is 3.71. The van der Waals surface area contributed by atoms with Gasteiger partial charge in [0.25, 0.3) is 0 Å². The van der Waals surface area contributed by atoms with E-state index in [2.05, 4.69) is 4.18 Å². The highest BCUT2D eigenvalue weighted by Crippen LogP contribution is 2.46. The van der Waals surface area contributed by atoms with Gasteiger partial charge in [-0.2, -0.15) is 21.6 Å². The van der Waals surface area contributed by atoms with Crippen LogP contribution in [0.15, 0.2) is 23.1 Å². The van der Waals surface area contributed by atoms with Gasteiger partial charge in [0, 0.05) is 6.66 Å². The molecule has 1 atom stereocenters. The average Bonchev–Trinajstić information content (AvgIpc) is 2.42. The molecule has 0 aromatic heterocycles. The molecule has 0 saturated heterocycles. The molecule has 0 radical (unpaired) electrons. The van der Waals surface area contributed by atoms with Gasteiger partial charge in [0.05, 0.1) is 18.8 Å². The lowest BCUT2D eigenvalue weighted by Crippen LogP contribution is -2.17. The Balaban J connectivity index is 3.26. The van der Waals surface area contributed by atoms with Crippen LogP contribution >= 0.6 is 7.37 Å². The first kappa shape index (κ1) is 21.0. The molecule has 1 rings (SSSR count). The molecule has 0 saturated carbocycles. The Labute approximate surface area is 138 Å². The highest BCUT2D eigenvalue weighted by molar-refractivity contribution is 7.87. The van der Waals surface area contributed by atoms with E-state index < -0.39 is 52.3 Å². The molecule has 0 heterocycles. The van der Waals surface area contributed by atoms with E-state index in [0.29, 0.717) is 6.07 Å². The van der Waals surface area contributed by atoms with E-state index in [4.69, 9.17) is 9.26 Å². The molecule has 6 nitrogen and oxygen atoms in total. The summed E-state index contributed by atoms with van der Waals surface area (Å²) in [5.74, 6) is -0.527. The second kappa shape index (κ2) is 7.43. The SMILES string of the molecule is COc1cccc(C(F)(F)F)c1S(=O)(=O)OCP(C)(=O)OC(C)C. The third-order valence-corrected chi connectivity index (χ3v) is 5.62. The first-order valence-corrected chi connectivity index (χ1v) is 10.4. The number of ether oxygens (including phenoxy) is 1. The summed E-state index contributed by atoms with van der Waals surface area (Å²) in [6.07, 6.45) is -6.29. The maximum Gasteiger partial charge on any atom is 0.417 e. The number of benzene rings is 1. The third kappa shape index (κ3) is 5.47. The van der Waals surface area contributed by atoms with Crippen LogP contribution in [0.1, 0.15) is 19.4 Å². The van der Waals surface area contributed by atoms with Gasteiger partial charge in [0.1, 0.15) is 17.0 Å². The van der Waals surface area contributed by atoms with Crippen molar-refractivity contribution in [3.8, 4) is 5.75 Å². The summed E-state index contributed by atoms with van der Waals surface area (Å²) in [5.41, 5.74) is -1.43. The van der Waals surface area contributed by atoms with Gasteiger partial charge in [0.2, 0.25) is 7.37 Å². The number of rotatable bonds is 7. The van der Waals surface area contributed by atoms with Crippen LogP contribution < -0.4 is 4.74 Å². The molecule has 11 heteroatoms. The summed E-state index contributed by atoms with van der Waals surface area (Å²) in [6.45, 7) is 4.29. The van der Waals surface area contributed by atoms with E-state index in [1.165, 1.54) is 0 Å². The quantitative estimate of drug-likeness (QED) is 0.522. The number of hydrogen-bond acceptors (Lipinski definition) is 6. The molecule has 0 amide bonds. The monoisotopic (exact) mass is 390 g/mol. The Morgan fingerprint density at radius 1 is 1.25 bits per heavy atom. The molecular weight excluding hydrogens is 372 g/mol. The molecule has 0 spiro atoms. The summed E-state index contributed by atoms with van der Waals surface area (Å²) in [6, 6.07) is 2.66. The van der Waals surface area contributed by atoms with Crippen molar-refractivity contribution in [1.82, 2.24) is 0 Å². The zero-order valence-electron chi connectivity index (χ0n) is 13.5. The number of halogens is 3. The maximum atomic E-state index is 13.1. The fourth-order valence-corrected chi connectivity index (χ4v) is 5.10. The van der Waals surface area contributed by atoms with E-state index in [9.17, 15) is 26.2 Å². The van der Waals surface area contributed by atoms with Crippen molar-refractivity contribution in [2.24, 2.45) is 0 Å². The fourth-order valence-electron chi connectivity index (χ4n) is 1.86. The molecule has 1 aromatic carbocycles. The molecule has 1 aromatic rings. The minimum Gasteiger partial charge on any atom is -0.495 e. The van der Waals surface area contributed by atoms with Crippen LogP contribution in [0.3, 0.4) is 0 Å². The Kier molecular flexibility index (Phi) is 6.49. The van der Waals surface area contributed by atoms with Crippen molar-refractivity contribution in [3.05, 3.63) is 23.8 Å². The standard InChI is InChI=1S/C13H18F3O6PS/c1-9(2)22-23(4,17)8-21-24(18,19)12-10(13(14,15)16)6-5-7-11(12)20-3/h5-7,9H,8H2,1-4H3. The van der Waals surface area contributed by atoms with Crippen molar-refractivity contribution in [1.29, 1.82) is 0 Å². The van der Waals surface area contributed by atoms with Gasteiger partial charge in [-0.05, 0) is 26.0 Å². The minimum absolute atomic E-state index is 0.468. The maximum absolute atomic E-state index is 13.1. The molecule has 0 bridgehead atoms. The van der Waals surface area contributed by atoms with Crippen molar-refractivity contribution >= 4 is 17.5 Å². The minimum atomic E-state index is -4.94. The first-order valence-electron chi connectivity index (χ1n) is 6.69. The van der Waals surface area contributed by atoms with Crippen LogP contribution in [0.4, 0.5) is 13.2 Å². The molecule has 0 aliphatic heterocycles. The lowest BCUT2D eigenvalue weighted by Gasteiger charge is -2.19. The Hall–Kier alpha value is -1.09. The molecule has 0 aliphatic carbocycles. The normalized spacial score (nSPS) is 15.3. The van der Waals surface area contributed by atoms with Crippen LogP contribution in [-0.2, 0) is 29.6 Å². The third-order valence-electron chi connectivity index (χ3n) is 2.63. The molecule has 0 aliphatic rings. The van der Waals surface area contributed by atoms with Crippen LogP contribution in [0.2, 0.25) is 0 Å². The number of hydrogen-bond donors (Lipinski definition) is 0. The second-order valence-corrected chi connectivity index (χ2v) is 9.25. The van der Waals surface area contributed by atoms with Crippen LogP contribution in [0, 0.1) is 0 Å². The van der Waals surface area contributed by atoms with Gasteiger partial charge in [0.15, 0.2) is 0 Å². The van der Waals surface area contributed by atoms with Crippen molar-refractivity contribution in [2.45, 2.75) is 31.0 Å². The van der Waals surface area contributed by atoms with Gasteiger partial charge in [-0.15, -0.1) is 0 Å². The van der Waals surface area contributed by atoms with E-state index in [1.807, 2.05) is 0 Å². The van der Waals surface area contributed by atoms with E-state index in [-0.39, 0.29) is 0 Å². The molecule has 24 heavy (non-hydrogen) atoms. The molecule has 0 fully saturated rings.